The zero-order valence-corrected chi connectivity index (χ0v) is 38.2. The van der Waals surface area contributed by atoms with Gasteiger partial charge in [-0.2, -0.15) is 0 Å². The molecule has 0 spiro atoms. The smallest absolute Gasteiger partial charge is 0.333 e. The molecule has 0 bridgehead atoms. The van der Waals surface area contributed by atoms with Crippen LogP contribution in [0.1, 0.15) is 51.3 Å². The molecule has 0 atom stereocenters. The van der Waals surface area contributed by atoms with Crippen LogP contribution < -0.4 is 15.8 Å². The molecule has 6 heteroatoms. The van der Waals surface area contributed by atoms with Gasteiger partial charge in [-0.3, -0.25) is 0 Å². The number of anilines is 3. The number of hydrogen-bond acceptors (Lipinski definition) is 4. The molecule has 10 aromatic rings. The normalized spacial score (nSPS) is 15.0. The summed E-state index contributed by atoms with van der Waals surface area (Å²) in [6.45, 7) is 11.9. The Labute approximate surface area is 380 Å². The zero-order valence-electron chi connectivity index (χ0n) is 35.7. The highest BCUT2D eigenvalue weighted by atomic mass is 32.2. The SMILES string of the molecule is CC(C)(C)c1ccc(N2c3cc4c(cc3B3c5c(cc6c(c52)C(C)(C)c2ccccc2-6)-c2cccc5c6c7ccccc7sc6n3c25)Sc2ccccc2S4)c(-c2ccccc2)c1. The molecule has 1 aliphatic carbocycles. The Kier molecular flexibility index (Phi) is 7.33. The van der Waals surface area contributed by atoms with E-state index in [2.05, 4.69) is 202 Å². The third-order valence-electron chi connectivity index (χ3n) is 14.3. The van der Waals surface area contributed by atoms with Gasteiger partial charge in [0, 0.05) is 73.9 Å². The maximum atomic E-state index is 2.77. The van der Waals surface area contributed by atoms with E-state index in [1.165, 1.54) is 129 Å². The molecule has 3 aliphatic heterocycles. The summed E-state index contributed by atoms with van der Waals surface area (Å²) in [5.74, 6) is 0. The van der Waals surface area contributed by atoms with Crippen LogP contribution in [0.4, 0.5) is 17.1 Å². The first kappa shape index (κ1) is 36.6. The van der Waals surface area contributed by atoms with E-state index in [1.54, 1.807) is 0 Å². The predicted octanol–water partition coefficient (Wildman–Crippen LogP) is 15.3. The first-order chi connectivity index (χ1) is 30.6. The van der Waals surface area contributed by atoms with E-state index >= 15 is 0 Å². The van der Waals surface area contributed by atoms with Crippen molar-refractivity contribution in [3.63, 3.8) is 0 Å². The van der Waals surface area contributed by atoms with Crippen LogP contribution in [0, 0.1) is 0 Å². The van der Waals surface area contributed by atoms with Crippen LogP contribution in [-0.2, 0) is 10.8 Å². The summed E-state index contributed by atoms with van der Waals surface area (Å²) in [6.07, 6.45) is 0. The molecule has 14 rings (SSSR count). The number of fused-ring (bicyclic) bond motifs is 15. The van der Waals surface area contributed by atoms with Crippen LogP contribution >= 0.6 is 34.9 Å². The summed E-state index contributed by atoms with van der Waals surface area (Å²) in [4.78, 5) is 9.38. The molecular weight excluding hydrogens is 820 g/mol. The Morgan fingerprint density at radius 3 is 2.06 bits per heavy atom. The third-order valence-corrected chi connectivity index (χ3v) is 18.0. The summed E-state index contributed by atoms with van der Waals surface area (Å²) >= 11 is 5.80. The van der Waals surface area contributed by atoms with Crippen LogP contribution in [0.3, 0.4) is 0 Å². The summed E-state index contributed by atoms with van der Waals surface area (Å²) in [6, 6.07) is 60.4. The van der Waals surface area contributed by atoms with Crippen molar-refractivity contribution in [2.75, 3.05) is 4.90 Å². The van der Waals surface area contributed by atoms with Crippen molar-refractivity contribution < 1.29 is 0 Å². The fourth-order valence-electron chi connectivity index (χ4n) is 11.5. The lowest BCUT2D eigenvalue weighted by atomic mass is 9.44. The number of hydrogen-bond donors (Lipinski definition) is 0. The Balaban J connectivity index is 1.18. The first-order valence-electron chi connectivity index (χ1n) is 22.0. The molecular formula is C57H41BN2S3. The molecule has 0 saturated heterocycles. The summed E-state index contributed by atoms with van der Waals surface area (Å²) < 4.78 is 4.11. The zero-order chi connectivity index (χ0) is 42.1. The molecule has 0 fully saturated rings. The lowest BCUT2D eigenvalue weighted by Gasteiger charge is -2.44. The standard InChI is InChI=1S/C57H41BN2S3/c1-56(2,3)33-26-27-43(38(28-33)32-16-7-6-8-17-32)59-44-31-49-48(61-46-24-13-14-25-47(46)62-49)30-42(44)58-52-40(29-39-34-18-9-11-22-41(34)57(4,5)51(39)54(52)59)35-20-15-21-37-50-36-19-10-12-23-45(36)63-55(50)60(58)53(35)37/h6-31H,1-5H3. The highest BCUT2D eigenvalue weighted by Crippen LogP contribution is 2.59. The Bertz CT molecular complexity index is 3660. The number of rotatable bonds is 2. The van der Waals surface area contributed by atoms with Crippen LogP contribution in [0.25, 0.3) is 64.6 Å². The fourth-order valence-corrected chi connectivity index (χ4v) is 15.1. The average molecular weight is 861 g/mol. The second kappa shape index (κ2) is 12.6. The number of benzene rings is 8. The Hall–Kier alpha value is -5.92. The van der Waals surface area contributed by atoms with E-state index < -0.39 is 0 Å². The molecule has 0 radical (unpaired) electrons. The number of nitrogens with zero attached hydrogens (tertiary/aromatic N) is 2. The van der Waals surface area contributed by atoms with Crippen molar-refractivity contribution in [2.45, 2.75) is 65.0 Å². The van der Waals surface area contributed by atoms with Gasteiger partial charge >= 0.3 is 6.85 Å². The minimum atomic E-state index is -0.261. The molecule has 5 heterocycles. The van der Waals surface area contributed by atoms with E-state index in [4.69, 9.17) is 0 Å². The van der Waals surface area contributed by atoms with E-state index in [1.807, 2.05) is 34.9 Å². The lowest BCUT2D eigenvalue weighted by molar-refractivity contribution is 0.590. The van der Waals surface area contributed by atoms with Gasteiger partial charge in [-0.05, 0) is 104 Å². The van der Waals surface area contributed by atoms with Crippen molar-refractivity contribution in [1.29, 1.82) is 0 Å². The van der Waals surface area contributed by atoms with Crippen molar-refractivity contribution >= 4 is 101 Å². The lowest BCUT2D eigenvalue weighted by Crippen LogP contribution is -2.57. The summed E-state index contributed by atoms with van der Waals surface area (Å²) in [5, 5.41) is 4.07. The van der Waals surface area contributed by atoms with Crippen LogP contribution in [-0.4, -0.2) is 11.3 Å². The number of thiophene rings is 1. The fraction of sp³-hybridized carbons (Fsp3) is 0.123. The van der Waals surface area contributed by atoms with Crippen molar-refractivity contribution in [3.8, 4) is 33.4 Å². The van der Waals surface area contributed by atoms with E-state index in [-0.39, 0.29) is 17.7 Å². The number of para-hydroxylation sites is 1. The van der Waals surface area contributed by atoms with Gasteiger partial charge in [0.25, 0.3) is 0 Å². The Morgan fingerprint density at radius 1 is 0.556 bits per heavy atom. The van der Waals surface area contributed by atoms with Crippen molar-refractivity contribution in [3.05, 3.63) is 174 Å². The van der Waals surface area contributed by atoms with Crippen molar-refractivity contribution in [2.24, 2.45) is 0 Å². The summed E-state index contributed by atoms with van der Waals surface area (Å²) in [5.41, 5.74) is 19.6. The number of aromatic nitrogens is 1. The minimum absolute atomic E-state index is 0.0246. The molecule has 300 valence electrons. The molecule has 0 unspecified atom stereocenters. The maximum Gasteiger partial charge on any atom is 0.333 e. The second-order valence-electron chi connectivity index (χ2n) is 19.2. The largest absolute Gasteiger partial charge is 0.367 e. The monoisotopic (exact) mass is 860 g/mol. The van der Waals surface area contributed by atoms with Gasteiger partial charge in [0.05, 0.1) is 10.5 Å². The molecule has 63 heavy (non-hydrogen) atoms. The van der Waals surface area contributed by atoms with E-state index in [0.29, 0.717) is 0 Å². The average Bonchev–Trinajstić information content (AvgIpc) is 3.91. The highest BCUT2D eigenvalue weighted by molar-refractivity contribution is 8.05. The molecule has 8 aromatic carbocycles. The van der Waals surface area contributed by atoms with Gasteiger partial charge in [0.2, 0.25) is 0 Å². The maximum absolute atomic E-state index is 2.77. The topological polar surface area (TPSA) is 8.17 Å². The van der Waals surface area contributed by atoms with Gasteiger partial charge in [-0.25, -0.2) is 0 Å². The van der Waals surface area contributed by atoms with Crippen molar-refractivity contribution in [1.82, 2.24) is 4.48 Å². The van der Waals surface area contributed by atoms with Gasteiger partial charge in [0.15, 0.2) is 0 Å². The van der Waals surface area contributed by atoms with Gasteiger partial charge in [0.1, 0.15) is 0 Å². The van der Waals surface area contributed by atoms with Crippen LogP contribution in [0.2, 0.25) is 0 Å². The first-order valence-corrected chi connectivity index (χ1v) is 24.5. The molecule has 0 saturated carbocycles. The summed E-state index contributed by atoms with van der Waals surface area (Å²) in [7, 11) is 0. The molecule has 0 N–H and O–H groups in total. The Morgan fingerprint density at radius 2 is 1.25 bits per heavy atom. The molecule has 2 nitrogen and oxygen atoms in total. The van der Waals surface area contributed by atoms with E-state index in [0.717, 1.165) is 0 Å². The minimum Gasteiger partial charge on any atom is -0.367 e. The van der Waals surface area contributed by atoms with Gasteiger partial charge < -0.3 is 9.38 Å². The quantitative estimate of drug-likeness (QED) is 0.160. The molecule has 0 amide bonds. The predicted molar refractivity (Wildman–Crippen MR) is 272 cm³/mol. The van der Waals surface area contributed by atoms with Crippen LogP contribution in [0.5, 0.6) is 0 Å². The van der Waals surface area contributed by atoms with Crippen LogP contribution in [0.15, 0.2) is 177 Å². The van der Waals surface area contributed by atoms with Gasteiger partial charge in [-0.15, -0.1) is 11.3 Å². The third kappa shape index (κ3) is 4.84. The van der Waals surface area contributed by atoms with Gasteiger partial charge in [-0.1, -0.05) is 167 Å². The second-order valence-corrected chi connectivity index (χ2v) is 22.4. The highest BCUT2D eigenvalue weighted by Gasteiger charge is 2.50. The molecule has 4 aliphatic rings. The molecule has 2 aromatic heterocycles. The van der Waals surface area contributed by atoms with E-state index in [9.17, 15) is 0 Å².